The highest BCUT2D eigenvalue weighted by atomic mass is 32.1. The lowest BCUT2D eigenvalue weighted by Gasteiger charge is -2.01. The molecule has 0 spiro atoms. The molecule has 0 aliphatic heterocycles. The van der Waals surface area contributed by atoms with Crippen LogP contribution in [0.15, 0.2) is 24.5 Å². The van der Waals surface area contributed by atoms with E-state index in [4.69, 9.17) is 5.11 Å². The second kappa shape index (κ2) is 5.70. The van der Waals surface area contributed by atoms with Crippen LogP contribution in [-0.2, 0) is 13.1 Å². The minimum atomic E-state index is -0.913. The number of nitrogens with one attached hydrogen (secondary N) is 1. The molecule has 0 fully saturated rings. The highest BCUT2D eigenvalue weighted by molar-refractivity contribution is 7.13. The Morgan fingerprint density at radius 3 is 2.94 bits per heavy atom. The Morgan fingerprint density at radius 2 is 2.33 bits per heavy atom. The van der Waals surface area contributed by atoms with Crippen molar-refractivity contribution in [2.45, 2.75) is 20.0 Å². The standard InChI is InChI=1S/C12H13N3O2S/c1-8-11(12(16)17)18-10(15-8)7-14-6-9-3-2-4-13-5-9/h2-5,14H,6-7H2,1H3,(H,16,17). The summed E-state index contributed by atoms with van der Waals surface area (Å²) >= 11 is 1.21. The highest BCUT2D eigenvalue weighted by Crippen LogP contribution is 2.17. The average Bonchev–Trinajstić information content (AvgIpc) is 2.72. The lowest BCUT2D eigenvalue weighted by Crippen LogP contribution is -2.12. The van der Waals surface area contributed by atoms with Crippen LogP contribution in [-0.4, -0.2) is 21.0 Å². The van der Waals surface area contributed by atoms with Gasteiger partial charge in [0.2, 0.25) is 0 Å². The predicted octanol–water partition coefficient (Wildman–Crippen LogP) is 1.83. The van der Waals surface area contributed by atoms with E-state index in [1.54, 1.807) is 19.3 Å². The minimum Gasteiger partial charge on any atom is -0.477 e. The number of aryl methyl sites for hydroxylation is 1. The van der Waals surface area contributed by atoms with E-state index >= 15 is 0 Å². The van der Waals surface area contributed by atoms with Gasteiger partial charge in [-0.15, -0.1) is 11.3 Å². The molecule has 2 heterocycles. The first-order valence-corrected chi connectivity index (χ1v) is 6.27. The van der Waals surface area contributed by atoms with Crippen molar-refractivity contribution in [3.05, 3.63) is 45.7 Å². The zero-order valence-corrected chi connectivity index (χ0v) is 10.7. The van der Waals surface area contributed by atoms with Crippen LogP contribution in [0.25, 0.3) is 0 Å². The lowest BCUT2D eigenvalue weighted by molar-refractivity contribution is 0.0701. The smallest absolute Gasteiger partial charge is 0.347 e. The number of thiazole rings is 1. The first-order chi connectivity index (χ1) is 8.66. The normalized spacial score (nSPS) is 10.5. The van der Waals surface area contributed by atoms with Crippen LogP contribution in [0.3, 0.4) is 0 Å². The Balaban J connectivity index is 1.91. The number of nitrogens with zero attached hydrogens (tertiary/aromatic N) is 2. The molecule has 2 N–H and O–H groups in total. The molecule has 94 valence electrons. The molecule has 18 heavy (non-hydrogen) atoms. The van der Waals surface area contributed by atoms with Crippen LogP contribution in [0, 0.1) is 6.92 Å². The zero-order chi connectivity index (χ0) is 13.0. The number of pyridine rings is 1. The molecule has 2 aromatic heterocycles. The van der Waals surface area contributed by atoms with Crippen LogP contribution in [0.2, 0.25) is 0 Å². The summed E-state index contributed by atoms with van der Waals surface area (Å²) in [6, 6.07) is 3.86. The summed E-state index contributed by atoms with van der Waals surface area (Å²) in [4.78, 5) is 19.4. The van der Waals surface area contributed by atoms with Crippen LogP contribution in [0.4, 0.5) is 0 Å². The monoisotopic (exact) mass is 263 g/mol. The van der Waals surface area contributed by atoms with Crippen molar-refractivity contribution in [3.8, 4) is 0 Å². The zero-order valence-electron chi connectivity index (χ0n) is 9.88. The number of carbonyl (C=O) groups is 1. The number of carboxylic acids is 1. The third-order valence-corrected chi connectivity index (χ3v) is 3.51. The maximum atomic E-state index is 10.9. The molecule has 5 nitrogen and oxygen atoms in total. The Bertz CT molecular complexity index is 540. The van der Waals surface area contributed by atoms with Crippen molar-refractivity contribution in [1.82, 2.24) is 15.3 Å². The summed E-state index contributed by atoms with van der Waals surface area (Å²) < 4.78 is 0. The number of carboxylic acid groups (broad SMARTS) is 1. The van der Waals surface area contributed by atoms with E-state index in [9.17, 15) is 4.79 Å². The molecule has 0 saturated heterocycles. The van der Waals surface area contributed by atoms with Crippen LogP contribution < -0.4 is 5.32 Å². The molecule has 0 bridgehead atoms. The fourth-order valence-electron chi connectivity index (χ4n) is 1.54. The highest BCUT2D eigenvalue weighted by Gasteiger charge is 2.13. The summed E-state index contributed by atoms with van der Waals surface area (Å²) in [5, 5.41) is 12.9. The second-order valence-corrected chi connectivity index (χ2v) is 4.88. The quantitative estimate of drug-likeness (QED) is 0.860. The number of aromatic nitrogens is 2. The van der Waals surface area contributed by atoms with E-state index in [-0.39, 0.29) is 0 Å². The Kier molecular flexibility index (Phi) is 4.01. The van der Waals surface area contributed by atoms with Crippen LogP contribution in [0.5, 0.6) is 0 Å². The molecule has 0 aliphatic carbocycles. The topological polar surface area (TPSA) is 75.1 Å². The van der Waals surface area contributed by atoms with Gasteiger partial charge in [0.1, 0.15) is 9.88 Å². The molecular formula is C12H13N3O2S. The first kappa shape index (κ1) is 12.7. The fraction of sp³-hybridized carbons (Fsp3) is 0.250. The van der Waals surface area contributed by atoms with Gasteiger partial charge in [0.05, 0.1) is 5.69 Å². The Labute approximate surface area is 109 Å². The van der Waals surface area contributed by atoms with Crippen molar-refractivity contribution in [3.63, 3.8) is 0 Å². The van der Waals surface area contributed by atoms with Crippen molar-refractivity contribution in [2.24, 2.45) is 0 Å². The molecule has 0 atom stereocenters. The van der Waals surface area contributed by atoms with E-state index in [0.717, 1.165) is 10.6 Å². The molecule has 6 heteroatoms. The SMILES string of the molecule is Cc1nc(CNCc2cccnc2)sc1C(=O)O. The second-order valence-electron chi connectivity index (χ2n) is 3.79. The molecule has 0 amide bonds. The minimum absolute atomic E-state index is 0.313. The molecule has 2 aromatic rings. The summed E-state index contributed by atoms with van der Waals surface area (Å²) in [6.45, 7) is 2.97. The van der Waals surface area contributed by atoms with Crippen molar-refractivity contribution < 1.29 is 9.90 Å². The summed E-state index contributed by atoms with van der Waals surface area (Å²) in [6.07, 6.45) is 3.52. The van der Waals surface area contributed by atoms with Gasteiger partial charge >= 0.3 is 5.97 Å². The predicted molar refractivity (Wildman–Crippen MR) is 68.6 cm³/mol. The van der Waals surface area contributed by atoms with Gasteiger partial charge in [-0.05, 0) is 18.6 Å². The van der Waals surface area contributed by atoms with Crippen molar-refractivity contribution >= 4 is 17.3 Å². The number of hydrogen-bond acceptors (Lipinski definition) is 5. The van der Waals surface area contributed by atoms with Gasteiger partial charge in [-0.3, -0.25) is 4.98 Å². The van der Waals surface area contributed by atoms with Crippen LogP contribution >= 0.6 is 11.3 Å². The van der Waals surface area contributed by atoms with Crippen molar-refractivity contribution in [1.29, 1.82) is 0 Å². The van der Waals surface area contributed by atoms with E-state index in [0.29, 0.717) is 23.7 Å². The third-order valence-electron chi connectivity index (χ3n) is 2.36. The third kappa shape index (κ3) is 3.12. The molecule has 0 aliphatic rings. The van der Waals surface area contributed by atoms with Gasteiger partial charge < -0.3 is 10.4 Å². The van der Waals surface area contributed by atoms with E-state index in [1.165, 1.54) is 11.3 Å². The summed E-state index contributed by atoms with van der Waals surface area (Å²) in [5.74, 6) is -0.913. The van der Waals surface area contributed by atoms with Gasteiger partial charge in [-0.25, -0.2) is 9.78 Å². The largest absolute Gasteiger partial charge is 0.477 e. The number of rotatable bonds is 5. The lowest BCUT2D eigenvalue weighted by atomic mass is 10.3. The summed E-state index contributed by atoms with van der Waals surface area (Å²) in [7, 11) is 0. The van der Waals surface area contributed by atoms with Crippen LogP contribution in [0.1, 0.15) is 25.9 Å². The molecule has 0 radical (unpaired) electrons. The van der Waals surface area contributed by atoms with E-state index in [2.05, 4.69) is 15.3 Å². The fourth-order valence-corrected chi connectivity index (χ4v) is 2.42. The number of hydrogen-bond donors (Lipinski definition) is 2. The average molecular weight is 263 g/mol. The van der Waals surface area contributed by atoms with Gasteiger partial charge in [-0.2, -0.15) is 0 Å². The Morgan fingerprint density at radius 1 is 1.50 bits per heavy atom. The molecule has 0 aromatic carbocycles. The van der Waals surface area contributed by atoms with Gasteiger partial charge in [0.15, 0.2) is 0 Å². The van der Waals surface area contributed by atoms with Gasteiger partial charge in [-0.1, -0.05) is 6.07 Å². The van der Waals surface area contributed by atoms with E-state index < -0.39 is 5.97 Å². The maximum Gasteiger partial charge on any atom is 0.347 e. The molecule has 0 saturated carbocycles. The number of aromatic carboxylic acids is 1. The van der Waals surface area contributed by atoms with E-state index in [1.807, 2.05) is 12.1 Å². The summed E-state index contributed by atoms with van der Waals surface area (Å²) in [5.41, 5.74) is 1.66. The maximum absolute atomic E-state index is 10.9. The van der Waals surface area contributed by atoms with Gasteiger partial charge in [0, 0.05) is 25.5 Å². The van der Waals surface area contributed by atoms with Gasteiger partial charge in [0.25, 0.3) is 0 Å². The Hall–Kier alpha value is -1.79. The first-order valence-electron chi connectivity index (χ1n) is 5.46. The molecular weight excluding hydrogens is 250 g/mol. The molecule has 2 rings (SSSR count). The molecule has 0 unspecified atom stereocenters. The van der Waals surface area contributed by atoms with Crippen molar-refractivity contribution in [2.75, 3.05) is 0 Å².